The topological polar surface area (TPSA) is 131 Å². The Labute approximate surface area is 248 Å². The Hall–Kier alpha value is -3.56. The molecule has 1 aliphatic heterocycles. The lowest BCUT2D eigenvalue weighted by molar-refractivity contribution is -0.137. The van der Waals surface area contributed by atoms with E-state index in [0.29, 0.717) is 42.1 Å². The molecule has 4 heterocycles. The van der Waals surface area contributed by atoms with Crippen molar-refractivity contribution in [1.82, 2.24) is 34.5 Å². The maximum atomic E-state index is 13.6. The van der Waals surface area contributed by atoms with E-state index in [2.05, 4.69) is 44.9 Å². The molecule has 1 fully saturated rings. The number of likely N-dealkylation sites (tertiary alicyclic amines) is 1. The Morgan fingerprint density at radius 3 is 2.71 bits per heavy atom. The highest BCUT2D eigenvalue weighted by Crippen LogP contribution is 2.39. The molecule has 42 heavy (non-hydrogen) atoms. The quantitative estimate of drug-likeness (QED) is 0.297. The van der Waals surface area contributed by atoms with Crippen molar-refractivity contribution in [2.75, 3.05) is 19.7 Å². The summed E-state index contributed by atoms with van der Waals surface area (Å²) in [5.41, 5.74) is 5.31. The molecule has 1 atom stereocenters. The summed E-state index contributed by atoms with van der Waals surface area (Å²) >= 11 is 0. The summed E-state index contributed by atoms with van der Waals surface area (Å²) in [5.74, 6) is -0.759. The number of aryl methyl sites for hydroxylation is 1. The van der Waals surface area contributed by atoms with E-state index in [1.807, 2.05) is 16.3 Å². The molecular weight excluding hydrogens is 548 g/mol. The van der Waals surface area contributed by atoms with E-state index in [4.69, 9.17) is 25.1 Å². The predicted octanol–water partition coefficient (Wildman–Crippen LogP) is 3.76. The van der Waals surface area contributed by atoms with Gasteiger partial charge >= 0.3 is 0 Å². The fourth-order valence-electron chi connectivity index (χ4n) is 5.65. The molecule has 11 nitrogen and oxygen atoms in total. The summed E-state index contributed by atoms with van der Waals surface area (Å²) in [6.45, 7) is 14.8. The van der Waals surface area contributed by atoms with Crippen molar-refractivity contribution in [3.05, 3.63) is 29.2 Å². The summed E-state index contributed by atoms with van der Waals surface area (Å²) in [5, 5.41) is 16.7. The summed E-state index contributed by atoms with van der Waals surface area (Å²) in [4.78, 5) is 37.8. The second-order valence-electron chi connectivity index (χ2n) is 13.8. The fraction of sp³-hybridized carbons (Fsp3) is 0.600. The van der Waals surface area contributed by atoms with Crippen LogP contribution in [0.25, 0.3) is 22.6 Å². The minimum atomic E-state index is -1.26. The molecule has 5 rings (SSSR count). The van der Waals surface area contributed by atoms with Crippen molar-refractivity contribution in [2.45, 2.75) is 78.5 Å². The maximum Gasteiger partial charge on any atom is 0.255 e. The van der Waals surface area contributed by atoms with E-state index < -0.39 is 20.0 Å². The number of nitrogens with one attached hydrogen (secondary N) is 1. The third-order valence-corrected chi connectivity index (χ3v) is 10.0. The number of nitrogens with zero attached hydrogens (tertiary/aromatic N) is 7. The van der Waals surface area contributed by atoms with Gasteiger partial charge in [-0.1, -0.05) is 33.5 Å². The van der Waals surface area contributed by atoms with Gasteiger partial charge in [-0.25, -0.2) is 9.97 Å². The molecule has 224 valence electrons. The Morgan fingerprint density at radius 2 is 2.02 bits per heavy atom. The van der Waals surface area contributed by atoms with E-state index in [0.717, 1.165) is 31.0 Å². The number of hydrogen-bond acceptors (Lipinski definition) is 7. The van der Waals surface area contributed by atoms with E-state index >= 15 is 0 Å². The molecule has 0 unspecified atom stereocenters. The highest BCUT2D eigenvalue weighted by molar-refractivity contribution is 6.76. The molecule has 12 heteroatoms. The van der Waals surface area contributed by atoms with Crippen LogP contribution in [-0.4, -0.2) is 74.8 Å². The number of hydrogen-bond donors (Lipinski definition) is 1. The fourth-order valence-corrected chi connectivity index (χ4v) is 6.41. The third kappa shape index (κ3) is 6.12. The lowest BCUT2D eigenvalue weighted by atomic mass is 9.75. The monoisotopic (exact) mass is 590 g/mol. The SMILES string of the molecule is C[C@@H](NC(=O)c1cn(COCC[Si](C)(C)C)c2ncc(-c3nn(C)c4c3CC(C)(C)CC4)nc12)C(=O)N1CC(C#N)C1. The van der Waals surface area contributed by atoms with Crippen LogP contribution in [0.4, 0.5) is 0 Å². The van der Waals surface area contributed by atoms with Crippen LogP contribution in [0, 0.1) is 22.7 Å². The third-order valence-electron chi connectivity index (χ3n) is 8.34. The van der Waals surface area contributed by atoms with Gasteiger partial charge in [0.05, 0.1) is 23.7 Å². The van der Waals surface area contributed by atoms with Crippen LogP contribution in [0.2, 0.25) is 25.7 Å². The molecule has 0 saturated carbocycles. The van der Waals surface area contributed by atoms with Gasteiger partial charge in [0.15, 0.2) is 5.65 Å². The zero-order valence-corrected chi connectivity index (χ0v) is 26.8. The molecule has 0 spiro atoms. The van der Waals surface area contributed by atoms with Crippen molar-refractivity contribution in [1.29, 1.82) is 5.26 Å². The van der Waals surface area contributed by atoms with Crippen molar-refractivity contribution < 1.29 is 14.3 Å². The summed E-state index contributed by atoms with van der Waals surface area (Å²) in [6, 6.07) is 2.45. The standard InChI is InChI=1S/C30H42N8O3Si/c1-19(29(40)37-15-20(13-31)16-37)33-28(39)22-17-38(18-41-10-11-42(5,6)7)27-26(22)34-23(14-32-27)25-21-12-30(2,3)9-8-24(21)36(4)35-25/h14,17,19-20H,8-12,15-16,18H2,1-7H3,(H,33,39)/t19-/m1/s1. The summed E-state index contributed by atoms with van der Waals surface area (Å²) in [6.07, 6.45) is 6.39. The lowest BCUT2D eigenvalue weighted by Crippen LogP contribution is -2.55. The zero-order valence-electron chi connectivity index (χ0n) is 25.8. The van der Waals surface area contributed by atoms with E-state index in [1.165, 1.54) is 11.3 Å². The maximum absolute atomic E-state index is 13.6. The van der Waals surface area contributed by atoms with Gasteiger partial charge in [-0.05, 0) is 37.6 Å². The molecule has 2 amide bonds. The van der Waals surface area contributed by atoms with Gasteiger partial charge in [0.2, 0.25) is 5.91 Å². The number of rotatable bonds is 9. The summed E-state index contributed by atoms with van der Waals surface area (Å²) in [7, 11) is 0.707. The Balaban J connectivity index is 1.46. The molecular formula is C30H42N8O3Si. The normalized spacial score (nSPS) is 17.4. The molecule has 1 saturated heterocycles. The predicted molar refractivity (Wildman–Crippen MR) is 162 cm³/mol. The summed E-state index contributed by atoms with van der Waals surface area (Å²) < 4.78 is 9.75. The second kappa shape index (κ2) is 11.3. The van der Waals surface area contributed by atoms with Crippen LogP contribution >= 0.6 is 0 Å². The highest BCUT2D eigenvalue weighted by Gasteiger charge is 2.34. The zero-order chi connectivity index (χ0) is 30.4. The average molecular weight is 591 g/mol. The Kier molecular flexibility index (Phi) is 8.02. The van der Waals surface area contributed by atoms with Crippen LogP contribution in [0.3, 0.4) is 0 Å². The molecule has 3 aromatic rings. The molecule has 0 radical (unpaired) electrons. The van der Waals surface area contributed by atoms with Crippen LogP contribution in [0.1, 0.15) is 48.8 Å². The number of aromatic nitrogens is 5. The first-order valence-corrected chi connectivity index (χ1v) is 18.4. The number of fused-ring (bicyclic) bond motifs is 2. The van der Waals surface area contributed by atoms with Crippen LogP contribution in [0.5, 0.6) is 0 Å². The van der Waals surface area contributed by atoms with E-state index in [1.54, 1.807) is 24.2 Å². The van der Waals surface area contributed by atoms with Crippen LogP contribution in [-0.2, 0) is 36.2 Å². The van der Waals surface area contributed by atoms with E-state index in [-0.39, 0.29) is 24.0 Å². The van der Waals surface area contributed by atoms with Gasteiger partial charge in [-0.3, -0.25) is 14.3 Å². The first kappa shape index (κ1) is 29.9. The Morgan fingerprint density at radius 1 is 1.29 bits per heavy atom. The molecule has 3 aromatic heterocycles. The molecule has 2 aliphatic rings. The number of amides is 2. The molecule has 0 aromatic carbocycles. The number of carbonyl (C=O) groups excluding carboxylic acids is 2. The van der Waals surface area contributed by atoms with E-state index in [9.17, 15) is 9.59 Å². The van der Waals surface area contributed by atoms with Crippen molar-refractivity contribution in [3.8, 4) is 17.5 Å². The van der Waals surface area contributed by atoms with Crippen LogP contribution < -0.4 is 5.32 Å². The first-order chi connectivity index (χ1) is 19.8. The van der Waals surface area contributed by atoms with Crippen molar-refractivity contribution >= 4 is 31.1 Å². The van der Waals surface area contributed by atoms with Crippen LogP contribution in [0.15, 0.2) is 12.4 Å². The lowest BCUT2D eigenvalue weighted by Gasteiger charge is -2.37. The van der Waals surface area contributed by atoms with Gasteiger partial charge in [-0.15, -0.1) is 0 Å². The molecule has 1 aliphatic carbocycles. The average Bonchev–Trinajstić information content (AvgIpc) is 3.41. The number of carbonyl (C=O) groups is 2. The molecule has 0 bridgehead atoms. The van der Waals surface area contributed by atoms with Gasteiger partial charge < -0.3 is 19.5 Å². The van der Waals surface area contributed by atoms with Gasteiger partial charge in [0.25, 0.3) is 5.91 Å². The largest absolute Gasteiger partial charge is 0.361 e. The smallest absolute Gasteiger partial charge is 0.255 e. The van der Waals surface area contributed by atoms with Gasteiger partial charge in [0.1, 0.15) is 29.7 Å². The number of ether oxygens (including phenoxy) is 1. The van der Waals surface area contributed by atoms with Crippen molar-refractivity contribution in [2.24, 2.45) is 18.4 Å². The first-order valence-electron chi connectivity index (χ1n) is 14.7. The molecule has 1 N–H and O–H groups in total. The van der Waals surface area contributed by atoms with Gasteiger partial charge in [-0.2, -0.15) is 10.4 Å². The Bertz CT molecular complexity index is 1550. The van der Waals surface area contributed by atoms with Gasteiger partial charge in [0, 0.05) is 52.3 Å². The highest BCUT2D eigenvalue weighted by atomic mass is 28.3. The number of nitriles is 1. The second-order valence-corrected chi connectivity index (χ2v) is 19.4. The van der Waals surface area contributed by atoms with Crippen molar-refractivity contribution in [3.63, 3.8) is 0 Å². The minimum Gasteiger partial charge on any atom is -0.361 e. The minimum absolute atomic E-state index is 0.146.